The molecule has 0 aliphatic heterocycles. The second-order valence-electron chi connectivity index (χ2n) is 39.0. The summed E-state index contributed by atoms with van der Waals surface area (Å²) in [7, 11) is 0. The summed E-state index contributed by atoms with van der Waals surface area (Å²) in [5.41, 5.74) is 43.5. The van der Waals surface area contributed by atoms with E-state index in [0.29, 0.717) is 0 Å². The fourth-order valence-corrected chi connectivity index (χ4v) is 23.2. The second kappa shape index (κ2) is 37.4. The van der Waals surface area contributed by atoms with Gasteiger partial charge >= 0.3 is 0 Å². The molecule has 0 aliphatic carbocycles. The third-order valence-electron chi connectivity index (χ3n) is 30.4. The van der Waals surface area contributed by atoms with Gasteiger partial charge in [-0.1, -0.05) is 394 Å². The molecule has 30 rings (SSSR count). The molecule has 0 N–H and O–H groups in total. The lowest BCUT2D eigenvalue weighted by atomic mass is 9.97. The van der Waals surface area contributed by atoms with Crippen molar-refractivity contribution < 1.29 is 0 Å². The van der Waals surface area contributed by atoms with Crippen molar-refractivity contribution >= 4 is 131 Å². The van der Waals surface area contributed by atoms with Crippen molar-refractivity contribution in [1.82, 2.24) is 27.4 Å². The van der Waals surface area contributed by atoms with Crippen LogP contribution in [0.3, 0.4) is 0 Å². The number of rotatable bonds is 15. The molecule has 0 radical (unpaired) electrons. The molecule has 24 aromatic carbocycles. The Morgan fingerprint density at radius 3 is 0.467 bits per heavy atom. The molecular formula is C144H96N6. The van der Waals surface area contributed by atoms with Crippen molar-refractivity contribution in [3.8, 4) is 134 Å². The molecule has 0 fully saturated rings. The number of fused-ring (bicyclic) bond motifs is 18. The molecule has 0 saturated carbocycles. The average molecular weight is 1910 g/mol. The minimum absolute atomic E-state index is 1.16. The Kier molecular flexibility index (Phi) is 21.9. The number of nitrogens with zero attached hydrogens (tertiary/aromatic N) is 6. The van der Waals surface area contributed by atoms with Crippen LogP contribution in [-0.4, -0.2) is 27.4 Å². The Hall–Kier alpha value is -19.9. The molecule has 0 spiro atoms. The quantitative estimate of drug-likeness (QED) is 0.0979. The smallest absolute Gasteiger partial charge is 0.0541 e. The summed E-state index contributed by atoms with van der Waals surface area (Å²) >= 11 is 0. The second-order valence-corrected chi connectivity index (χ2v) is 39.0. The molecule has 0 saturated heterocycles. The highest BCUT2D eigenvalue weighted by atomic mass is 15.0. The zero-order chi connectivity index (χ0) is 99.1. The maximum absolute atomic E-state index is 2.40. The van der Waals surface area contributed by atoms with Crippen molar-refractivity contribution in [3.63, 3.8) is 0 Å². The van der Waals surface area contributed by atoms with Crippen LogP contribution < -0.4 is 0 Å². The summed E-state index contributed by atoms with van der Waals surface area (Å²) < 4.78 is 14.3. The van der Waals surface area contributed by atoms with Crippen LogP contribution in [0.5, 0.6) is 0 Å². The first kappa shape index (κ1) is 87.8. The summed E-state index contributed by atoms with van der Waals surface area (Å²) in [6.07, 6.45) is 0. The van der Waals surface area contributed by atoms with Gasteiger partial charge in [-0.2, -0.15) is 0 Å². The molecule has 6 heteroatoms. The molecule has 702 valence electrons. The minimum Gasteiger partial charge on any atom is -0.309 e. The highest BCUT2D eigenvalue weighted by molar-refractivity contribution is 6.17. The minimum atomic E-state index is 1.16. The zero-order valence-electron chi connectivity index (χ0n) is 82.1. The fraction of sp³-hybridized carbons (Fsp3) is 0. The maximum Gasteiger partial charge on any atom is 0.0541 e. The van der Waals surface area contributed by atoms with Gasteiger partial charge in [0.25, 0.3) is 0 Å². The van der Waals surface area contributed by atoms with Gasteiger partial charge in [0.1, 0.15) is 0 Å². The van der Waals surface area contributed by atoms with E-state index < -0.39 is 0 Å². The highest BCUT2D eigenvalue weighted by Gasteiger charge is 2.23. The van der Waals surface area contributed by atoms with Crippen LogP contribution in [0.1, 0.15) is 0 Å². The van der Waals surface area contributed by atoms with E-state index in [9.17, 15) is 0 Å². The summed E-state index contributed by atoms with van der Waals surface area (Å²) in [4.78, 5) is 0. The fourth-order valence-electron chi connectivity index (χ4n) is 23.2. The molecule has 6 aromatic heterocycles. The monoisotopic (exact) mass is 1910 g/mol. The number of hydrogen-bond acceptors (Lipinski definition) is 0. The van der Waals surface area contributed by atoms with Crippen molar-refractivity contribution in [1.29, 1.82) is 0 Å². The number of benzene rings is 24. The predicted molar refractivity (Wildman–Crippen MR) is 634 cm³/mol. The van der Waals surface area contributed by atoms with Gasteiger partial charge in [-0.15, -0.1) is 0 Å². The molecule has 6 heterocycles. The standard InChI is InChI=1S/C54H36N2.C48H32N2.C42H28N2/c1-3-12-37(13-4-1)39-26-30-45(31-27-39)55-51-20-9-7-18-47(51)49-35-43(28-32-53(49)55)40-22-24-41(25-23-40)44-29-33-54-50(36-44)48-19-8-10-21-52(48)56(54)46-17-11-16-42(34-46)38-14-5-2-6-15-38;1-3-11-33(12-4-1)34-23-27-40(28-24-34)50-46-18-10-8-16-42(46)44-32-38(26-30-48(44)50)36-21-19-35(20-22-36)37-25-29-47-43(31-37)41-15-7-9-17-45(41)49(47)39-13-5-2-6-14-39;1-3-14-33(15-4-1)43-39-20-9-7-18-35(39)37-27-31(22-24-41(37)43)29-12-11-13-30(26-29)32-23-25-42-38(28-32)36-19-8-10-21-40(36)44(42)34-16-5-2-6-17-34/h1-36H;1-32H;1-28H. The summed E-state index contributed by atoms with van der Waals surface area (Å²) in [5.74, 6) is 0. The first-order valence-corrected chi connectivity index (χ1v) is 51.6. The third kappa shape index (κ3) is 15.6. The summed E-state index contributed by atoms with van der Waals surface area (Å²) in [6.45, 7) is 0. The number of para-hydroxylation sites is 9. The number of aromatic nitrogens is 6. The van der Waals surface area contributed by atoms with Gasteiger partial charge in [0.05, 0.1) is 66.2 Å². The molecule has 6 nitrogen and oxygen atoms in total. The molecule has 30 aromatic rings. The topological polar surface area (TPSA) is 29.6 Å². The largest absolute Gasteiger partial charge is 0.309 e. The SMILES string of the molecule is c1ccc(-c2ccc(-n3c4ccccc4c4cc(-c5ccc(-c6ccc7c(c6)c6ccccc6n7-c6cccc(-c7ccccc7)c6)cc5)ccc43)cc2)cc1.c1ccc(-c2ccc(-n3c4ccccc4c4cc(-c5ccc(-c6ccc7c(c6)c6ccccc6n7-c6ccccc6)cc5)ccc43)cc2)cc1.c1ccc(-n2c3ccccc3c3cc(-c4cccc(-c5ccc6c(c5)c5ccccc5n6-c5ccccc5)c4)ccc32)cc1. The molecule has 0 aliphatic rings. The van der Waals surface area contributed by atoms with Crippen LogP contribution in [0.4, 0.5) is 0 Å². The highest BCUT2D eigenvalue weighted by Crippen LogP contribution is 2.46. The van der Waals surface area contributed by atoms with E-state index in [4.69, 9.17) is 0 Å². The van der Waals surface area contributed by atoms with E-state index in [0.717, 1.165) is 17.1 Å². The van der Waals surface area contributed by atoms with Gasteiger partial charge in [0.15, 0.2) is 0 Å². The van der Waals surface area contributed by atoms with Crippen LogP contribution in [0.25, 0.3) is 265 Å². The maximum atomic E-state index is 2.40. The Bertz CT molecular complexity index is 10200. The molecular weight excluding hydrogens is 1810 g/mol. The van der Waals surface area contributed by atoms with Crippen LogP contribution in [0.2, 0.25) is 0 Å². The van der Waals surface area contributed by atoms with E-state index in [2.05, 4.69) is 610 Å². The van der Waals surface area contributed by atoms with Gasteiger partial charge in [-0.05, 0) is 288 Å². The Labute approximate surface area is 868 Å². The first-order valence-electron chi connectivity index (χ1n) is 51.6. The van der Waals surface area contributed by atoms with Gasteiger partial charge in [-0.3, -0.25) is 0 Å². The Balaban J connectivity index is 0.000000109. The van der Waals surface area contributed by atoms with Gasteiger partial charge in [0.2, 0.25) is 0 Å². The van der Waals surface area contributed by atoms with E-state index in [1.807, 2.05) is 0 Å². The van der Waals surface area contributed by atoms with Gasteiger partial charge < -0.3 is 27.4 Å². The van der Waals surface area contributed by atoms with Crippen LogP contribution >= 0.6 is 0 Å². The van der Waals surface area contributed by atoms with Crippen LogP contribution in [0, 0.1) is 0 Å². The van der Waals surface area contributed by atoms with Crippen molar-refractivity contribution in [3.05, 3.63) is 582 Å². The lowest BCUT2D eigenvalue weighted by Crippen LogP contribution is -1.94. The normalized spacial score (nSPS) is 11.6. The summed E-state index contributed by atoms with van der Waals surface area (Å²) in [5, 5.41) is 15.1. The molecule has 0 amide bonds. The van der Waals surface area contributed by atoms with Crippen molar-refractivity contribution in [2.24, 2.45) is 0 Å². The molecule has 0 unspecified atom stereocenters. The Morgan fingerprint density at radius 1 is 0.0733 bits per heavy atom. The lowest BCUT2D eigenvalue weighted by Gasteiger charge is -2.11. The third-order valence-corrected chi connectivity index (χ3v) is 30.4. The molecule has 0 bridgehead atoms. The molecule has 0 atom stereocenters. The van der Waals surface area contributed by atoms with E-state index >= 15 is 0 Å². The van der Waals surface area contributed by atoms with E-state index in [1.54, 1.807) is 0 Å². The van der Waals surface area contributed by atoms with Gasteiger partial charge in [0, 0.05) is 98.8 Å². The van der Waals surface area contributed by atoms with Crippen LogP contribution in [-0.2, 0) is 0 Å². The van der Waals surface area contributed by atoms with Crippen molar-refractivity contribution in [2.75, 3.05) is 0 Å². The summed E-state index contributed by atoms with van der Waals surface area (Å²) in [6, 6.07) is 211. The molecule has 150 heavy (non-hydrogen) atoms. The first-order chi connectivity index (χ1) is 74.4. The zero-order valence-corrected chi connectivity index (χ0v) is 82.1. The number of hydrogen-bond donors (Lipinski definition) is 0. The predicted octanol–water partition coefficient (Wildman–Crippen LogP) is 38.6. The van der Waals surface area contributed by atoms with E-state index in [1.165, 1.54) is 248 Å². The van der Waals surface area contributed by atoms with Crippen molar-refractivity contribution in [2.45, 2.75) is 0 Å². The average Bonchev–Trinajstić information content (AvgIpc) is 1.61. The van der Waals surface area contributed by atoms with E-state index in [-0.39, 0.29) is 0 Å². The van der Waals surface area contributed by atoms with Crippen LogP contribution in [0.15, 0.2) is 582 Å². The lowest BCUT2D eigenvalue weighted by molar-refractivity contribution is 1.18. The Morgan fingerprint density at radius 2 is 0.213 bits per heavy atom. The van der Waals surface area contributed by atoms with Gasteiger partial charge in [-0.25, -0.2) is 0 Å².